The van der Waals surface area contributed by atoms with Crippen molar-refractivity contribution in [3.8, 4) is 0 Å². The predicted molar refractivity (Wildman–Crippen MR) is 73.5 cm³/mol. The van der Waals surface area contributed by atoms with Crippen LogP contribution in [0.25, 0.3) is 5.32 Å². The molecule has 0 aliphatic heterocycles. The summed E-state index contributed by atoms with van der Waals surface area (Å²) >= 11 is 0. The van der Waals surface area contributed by atoms with Crippen molar-refractivity contribution < 1.29 is 16.5 Å². The Morgan fingerprint density at radius 2 is 1.71 bits per heavy atom. The van der Waals surface area contributed by atoms with Gasteiger partial charge >= 0.3 is 0 Å². The van der Waals surface area contributed by atoms with Crippen LogP contribution in [0, 0.1) is 0 Å². The minimum absolute atomic E-state index is 0. The van der Waals surface area contributed by atoms with Crippen molar-refractivity contribution in [1.29, 1.82) is 0 Å². The van der Waals surface area contributed by atoms with Crippen LogP contribution in [0.4, 0.5) is 0 Å². The van der Waals surface area contributed by atoms with Gasteiger partial charge in [-0.3, -0.25) is 0 Å². The fourth-order valence-electron chi connectivity index (χ4n) is 1.73. The first-order valence-electron chi connectivity index (χ1n) is 6.28. The SMILES string of the molecule is CCN(CC)CC(C)[N-]C(C)=NC(C)(C)C.[Ni]. The second-order valence-electron chi connectivity index (χ2n) is 5.29. The van der Waals surface area contributed by atoms with Crippen LogP contribution >= 0.6 is 0 Å². The predicted octanol–water partition coefficient (Wildman–Crippen LogP) is 3.30. The van der Waals surface area contributed by atoms with Gasteiger partial charge in [0, 0.05) is 16.5 Å². The van der Waals surface area contributed by atoms with Gasteiger partial charge in [-0.05, 0) is 38.1 Å². The summed E-state index contributed by atoms with van der Waals surface area (Å²) in [5.74, 6) is 0.909. The molecule has 106 valence electrons. The van der Waals surface area contributed by atoms with E-state index in [4.69, 9.17) is 0 Å². The standard InChI is InChI=1S/C13H28N3.Ni/c1-8-16(9-2)10-11(3)14-12(4)15-13(5,6)7;/h11H,8-10H2,1-7H3;/q-1;. The van der Waals surface area contributed by atoms with Crippen molar-refractivity contribution >= 4 is 5.84 Å². The first kappa shape index (κ1) is 19.3. The molecular formula is C13H28N3Ni-. The van der Waals surface area contributed by atoms with Gasteiger partial charge in [0.05, 0.1) is 0 Å². The number of hydrogen-bond acceptors (Lipinski definition) is 2. The van der Waals surface area contributed by atoms with Gasteiger partial charge in [0.15, 0.2) is 0 Å². The Morgan fingerprint density at radius 1 is 1.24 bits per heavy atom. The minimum Gasteiger partial charge on any atom is -0.465 e. The summed E-state index contributed by atoms with van der Waals surface area (Å²) in [6.07, 6.45) is 0. The van der Waals surface area contributed by atoms with Gasteiger partial charge in [-0.25, -0.2) is 0 Å². The quantitative estimate of drug-likeness (QED) is 0.433. The maximum atomic E-state index is 4.61. The van der Waals surface area contributed by atoms with Crippen LogP contribution in [0.1, 0.15) is 48.5 Å². The molecule has 0 saturated carbocycles. The Hall–Kier alpha value is -0.0765. The van der Waals surface area contributed by atoms with E-state index in [2.05, 4.69) is 56.8 Å². The van der Waals surface area contributed by atoms with E-state index >= 15 is 0 Å². The first-order chi connectivity index (χ1) is 7.28. The molecule has 0 saturated heterocycles. The second kappa shape index (κ2) is 8.93. The molecule has 0 aliphatic rings. The molecule has 0 radical (unpaired) electrons. The third-order valence-corrected chi connectivity index (χ3v) is 2.32. The zero-order valence-electron chi connectivity index (χ0n) is 12.4. The summed E-state index contributed by atoms with van der Waals surface area (Å²) in [6.45, 7) is 18.0. The average Bonchev–Trinajstić information content (AvgIpc) is 2.10. The molecule has 0 rings (SSSR count). The minimum atomic E-state index is -0.0253. The third-order valence-electron chi connectivity index (χ3n) is 2.32. The average molecular weight is 285 g/mol. The van der Waals surface area contributed by atoms with Gasteiger partial charge in [0.25, 0.3) is 0 Å². The molecule has 0 fully saturated rings. The molecule has 4 heteroatoms. The maximum absolute atomic E-state index is 4.61. The molecule has 0 aromatic heterocycles. The van der Waals surface area contributed by atoms with Crippen LogP contribution in [-0.2, 0) is 16.5 Å². The summed E-state index contributed by atoms with van der Waals surface area (Å²) in [5.41, 5.74) is -0.0253. The summed E-state index contributed by atoms with van der Waals surface area (Å²) in [4.78, 5) is 6.93. The summed E-state index contributed by atoms with van der Waals surface area (Å²) in [7, 11) is 0. The van der Waals surface area contributed by atoms with E-state index in [0.717, 1.165) is 25.5 Å². The molecule has 0 aromatic carbocycles. The Balaban J connectivity index is 0. The molecule has 0 heterocycles. The first-order valence-corrected chi connectivity index (χ1v) is 6.28. The molecule has 0 spiro atoms. The van der Waals surface area contributed by atoms with E-state index in [1.165, 1.54) is 0 Å². The molecule has 1 atom stereocenters. The van der Waals surface area contributed by atoms with E-state index in [9.17, 15) is 0 Å². The summed E-state index contributed by atoms with van der Waals surface area (Å²) in [5, 5.41) is 4.61. The second-order valence-corrected chi connectivity index (χ2v) is 5.29. The van der Waals surface area contributed by atoms with Gasteiger partial charge in [-0.1, -0.05) is 47.4 Å². The van der Waals surface area contributed by atoms with Gasteiger partial charge in [0.1, 0.15) is 0 Å². The molecule has 0 amide bonds. The Kier molecular flexibility index (Phi) is 10.1. The molecule has 0 N–H and O–H groups in total. The molecule has 0 aromatic rings. The van der Waals surface area contributed by atoms with Crippen molar-refractivity contribution in [2.24, 2.45) is 4.99 Å². The number of amidine groups is 1. The number of nitrogens with zero attached hydrogens (tertiary/aromatic N) is 3. The number of hydrogen-bond donors (Lipinski definition) is 0. The summed E-state index contributed by atoms with van der Waals surface area (Å²) in [6, 6.07) is 0.325. The van der Waals surface area contributed by atoms with Crippen molar-refractivity contribution in [2.45, 2.75) is 60.0 Å². The van der Waals surface area contributed by atoms with Crippen LogP contribution in [0.2, 0.25) is 0 Å². The zero-order chi connectivity index (χ0) is 12.8. The zero-order valence-corrected chi connectivity index (χ0v) is 13.3. The molecule has 3 nitrogen and oxygen atoms in total. The monoisotopic (exact) mass is 284 g/mol. The molecule has 17 heavy (non-hydrogen) atoms. The van der Waals surface area contributed by atoms with Crippen LogP contribution in [0.15, 0.2) is 4.99 Å². The third kappa shape index (κ3) is 10.8. The molecule has 1 unspecified atom stereocenters. The number of likely N-dealkylation sites (N-methyl/N-ethyl adjacent to an activating group) is 1. The van der Waals surface area contributed by atoms with Gasteiger partial charge in [-0.15, -0.1) is 0 Å². The number of aliphatic imine (C=N–C) groups is 1. The Morgan fingerprint density at radius 3 is 2.06 bits per heavy atom. The summed E-state index contributed by atoms with van der Waals surface area (Å²) < 4.78 is 0. The molecule has 0 aliphatic carbocycles. The van der Waals surface area contributed by atoms with Gasteiger partial charge in [-0.2, -0.15) is 0 Å². The maximum Gasteiger partial charge on any atom is 0 e. The van der Waals surface area contributed by atoms with Crippen molar-refractivity contribution in [3.63, 3.8) is 0 Å². The number of rotatable bonds is 5. The van der Waals surface area contributed by atoms with Crippen LogP contribution in [0.5, 0.6) is 0 Å². The topological polar surface area (TPSA) is 29.7 Å². The van der Waals surface area contributed by atoms with E-state index in [0.29, 0.717) is 6.04 Å². The van der Waals surface area contributed by atoms with Crippen LogP contribution in [-0.4, -0.2) is 42.0 Å². The fourth-order valence-corrected chi connectivity index (χ4v) is 1.73. The van der Waals surface area contributed by atoms with Crippen molar-refractivity contribution in [3.05, 3.63) is 5.32 Å². The van der Waals surface area contributed by atoms with E-state index in [1.54, 1.807) is 0 Å². The van der Waals surface area contributed by atoms with E-state index in [-0.39, 0.29) is 22.0 Å². The Bertz CT molecular complexity index is 217. The smallest absolute Gasteiger partial charge is 0 e. The Labute approximate surface area is 117 Å². The van der Waals surface area contributed by atoms with Crippen molar-refractivity contribution in [2.75, 3.05) is 19.6 Å². The normalized spacial score (nSPS) is 14.5. The molecular weight excluding hydrogens is 257 g/mol. The van der Waals surface area contributed by atoms with E-state index in [1.807, 2.05) is 6.92 Å². The largest absolute Gasteiger partial charge is 0.465 e. The molecule has 0 bridgehead atoms. The van der Waals surface area contributed by atoms with Crippen LogP contribution < -0.4 is 0 Å². The van der Waals surface area contributed by atoms with Gasteiger partial charge in [0.2, 0.25) is 0 Å². The van der Waals surface area contributed by atoms with Gasteiger partial charge < -0.3 is 15.2 Å². The van der Waals surface area contributed by atoms with Crippen molar-refractivity contribution in [1.82, 2.24) is 4.90 Å². The fraction of sp³-hybridized carbons (Fsp3) is 0.923. The van der Waals surface area contributed by atoms with Crippen LogP contribution in [0.3, 0.4) is 0 Å². The van der Waals surface area contributed by atoms with E-state index < -0.39 is 0 Å².